The van der Waals surface area contributed by atoms with E-state index in [4.69, 9.17) is 3.63 Å². The molecule has 0 N–H and O–H groups in total. The number of halogens is 2. The highest BCUT2D eigenvalue weighted by molar-refractivity contribution is 8.33. The van der Waals surface area contributed by atoms with Crippen molar-refractivity contribution >= 4 is 26.2 Å². The van der Waals surface area contributed by atoms with Gasteiger partial charge in [0.05, 0.1) is 11.2 Å². The van der Waals surface area contributed by atoms with Crippen molar-refractivity contribution in [2.45, 2.75) is 47.8 Å². The van der Waals surface area contributed by atoms with Crippen LogP contribution >= 0.6 is 10.3 Å². The lowest BCUT2D eigenvalue weighted by Gasteiger charge is -2.41. The quantitative estimate of drug-likeness (QED) is 0.333. The summed E-state index contributed by atoms with van der Waals surface area (Å²) >= 11 is 0. The molecule has 2 aliphatic rings. The second kappa shape index (κ2) is 8.78. The van der Waals surface area contributed by atoms with Gasteiger partial charge in [-0.25, -0.2) is 12.4 Å². The zero-order chi connectivity index (χ0) is 25.8. The number of benzene rings is 3. The van der Waals surface area contributed by atoms with Crippen LogP contribution in [0.4, 0.5) is 8.78 Å². The van der Waals surface area contributed by atoms with Crippen LogP contribution < -0.4 is 0 Å². The molecular formula is C28H28F2O4S2. The van der Waals surface area contributed by atoms with Gasteiger partial charge in [-0.1, -0.05) is 32.0 Å². The Balaban J connectivity index is 1.69. The first-order chi connectivity index (χ1) is 17.0. The molecular weight excluding hydrogens is 502 g/mol. The first-order valence-corrected chi connectivity index (χ1v) is 15.0. The maximum atomic E-state index is 14.0. The monoisotopic (exact) mass is 530 g/mol. The van der Waals surface area contributed by atoms with Crippen molar-refractivity contribution in [1.29, 1.82) is 0 Å². The summed E-state index contributed by atoms with van der Waals surface area (Å²) in [6, 6.07) is 19.9. The van der Waals surface area contributed by atoms with E-state index in [1.54, 1.807) is 30.3 Å². The molecule has 0 aliphatic heterocycles. The standard InChI is InChI=1S/C28H28F2O4S2/c1-27(2)20-16-17-28(27,26(31)18-20)19-35(32,33)34-36(23-6-4-3-5-7-23,24-12-8-21(29)9-13-24)25-14-10-22(30)11-15-25/h3-15,20H,16-19H2,1-2H3. The van der Waals surface area contributed by atoms with Crippen LogP contribution in [0.1, 0.15) is 33.1 Å². The molecule has 36 heavy (non-hydrogen) atoms. The molecule has 3 aromatic rings. The van der Waals surface area contributed by atoms with Crippen LogP contribution in [0.2, 0.25) is 0 Å². The molecule has 8 heteroatoms. The van der Waals surface area contributed by atoms with E-state index in [2.05, 4.69) is 0 Å². The number of carbonyl (C=O) groups excluding carboxylic acids is 1. The second-order valence-electron chi connectivity index (χ2n) is 10.2. The summed E-state index contributed by atoms with van der Waals surface area (Å²) in [5, 5.41) is 0. The summed E-state index contributed by atoms with van der Waals surface area (Å²) in [6.07, 6.45) is 1.70. The Morgan fingerprint density at radius 3 is 1.78 bits per heavy atom. The van der Waals surface area contributed by atoms with Crippen LogP contribution in [0.15, 0.2) is 93.5 Å². The summed E-state index contributed by atoms with van der Waals surface area (Å²) in [6.45, 7) is 3.95. The van der Waals surface area contributed by atoms with Crippen LogP contribution in [0.25, 0.3) is 0 Å². The number of carbonyl (C=O) groups is 1. The van der Waals surface area contributed by atoms with Crippen molar-refractivity contribution in [2.75, 3.05) is 5.75 Å². The van der Waals surface area contributed by atoms with E-state index >= 15 is 0 Å². The van der Waals surface area contributed by atoms with Gasteiger partial charge in [0.1, 0.15) is 17.4 Å². The van der Waals surface area contributed by atoms with E-state index in [-0.39, 0.29) is 11.7 Å². The first-order valence-electron chi connectivity index (χ1n) is 11.9. The lowest BCUT2D eigenvalue weighted by molar-refractivity contribution is -0.128. The van der Waals surface area contributed by atoms with Gasteiger partial charge in [-0.05, 0) is 95.1 Å². The first kappa shape index (κ1) is 25.1. The van der Waals surface area contributed by atoms with E-state index in [0.717, 1.165) is 6.42 Å². The lowest BCUT2D eigenvalue weighted by Crippen LogP contribution is -2.42. The van der Waals surface area contributed by atoms with Gasteiger partial charge in [0.25, 0.3) is 10.1 Å². The van der Waals surface area contributed by atoms with Crippen molar-refractivity contribution in [2.24, 2.45) is 16.7 Å². The van der Waals surface area contributed by atoms with Gasteiger partial charge in [-0.2, -0.15) is 8.42 Å². The predicted molar refractivity (Wildman–Crippen MR) is 135 cm³/mol. The second-order valence-corrected chi connectivity index (χ2v) is 14.7. The minimum Gasteiger partial charge on any atom is -0.299 e. The van der Waals surface area contributed by atoms with Crippen LogP contribution in [0.5, 0.6) is 0 Å². The topological polar surface area (TPSA) is 60.4 Å². The fourth-order valence-electron chi connectivity index (χ4n) is 5.98. The van der Waals surface area contributed by atoms with E-state index < -0.39 is 48.6 Å². The Labute approximate surface area is 212 Å². The van der Waals surface area contributed by atoms with Gasteiger partial charge >= 0.3 is 0 Å². The average molecular weight is 531 g/mol. The van der Waals surface area contributed by atoms with Crippen molar-refractivity contribution in [1.82, 2.24) is 0 Å². The van der Waals surface area contributed by atoms with Gasteiger partial charge < -0.3 is 0 Å². The summed E-state index contributed by atoms with van der Waals surface area (Å²) in [5.41, 5.74) is -1.47. The summed E-state index contributed by atoms with van der Waals surface area (Å²) in [4.78, 5) is 14.6. The summed E-state index contributed by atoms with van der Waals surface area (Å²) in [5.74, 6) is -1.25. The van der Waals surface area contributed by atoms with Crippen molar-refractivity contribution in [3.63, 3.8) is 0 Å². The van der Waals surface area contributed by atoms with Gasteiger partial charge in [0.15, 0.2) is 0 Å². The van der Waals surface area contributed by atoms with E-state index in [1.807, 2.05) is 13.8 Å². The third-order valence-corrected chi connectivity index (χ3v) is 13.4. The number of Topliss-reactive ketones (excluding diaryl/α,β-unsaturated/α-hetero) is 1. The van der Waals surface area contributed by atoms with Gasteiger partial charge in [-0.3, -0.25) is 4.79 Å². The molecule has 0 spiro atoms. The molecule has 0 radical (unpaired) electrons. The van der Waals surface area contributed by atoms with E-state index in [1.165, 1.54) is 48.5 Å². The minimum absolute atomic E-state index is 0.0280. The maximum absolute atomic E-state index is 14.0. The van der Waals surface area contributed by atoms with Crippen molar-refractivity contribution < 1.29 is 25.6 Å². The lowest BCUT2D eigenvalue weighted by atomic mass is 9.70. The van der Waals surface area contributed by atoms with Gasteiger partial charge in [0.2, 0.25) is 0 Å². The molecule has 2 atom stereocenters. The van der Waals surface area contributed by atoms with Crippen LogP contribution in [0.3, 0.4) is 0 Å². The van der Waals surface area contributed by atoms with Crippen LogP contribution in [0, 0.1) is 28.4 Å². The van der Waals surface area contributed by atoms with E-state index in [9.17, 15) is 22.0 Å². The molecule has 2 unspecified atom stereocenters. The molecule has 2 aliphatic carbocycles. The molecule has 0 aromatic heterocycles. The fourth-order valence-corrected chi connectivity index (χ4v) is 12.0. The Morgan fingerprint density at radius 1 is 0.833 bits per heavy atom. The summed E-state index contributed by atoms with van der Waals surface area (Å²) < 4.78 is 62.1. The van der Waals surface area contributed by atoms with Crippen LogP contribution in [-0.2, 0) is 18.5 Å². The third kappa shape index (κ3) is 3.90. The van der Waals surface area contributed by atoms with Gasteiger partial charge in [-0.15, -0.1) is 0 Å². The fraction of sp³-hybridized carbons (Fsp3) is 0.321. The molecule has 0 saturated heterocycles. The van der Waals surface area contributed by atoms with Gasteiger partial charge in [0, 0.05) is 21.1 Å². The van der Waals surface area contributed by atoms with Crippen molar-refractivity contribution in [3.05, 3.63) is 90.5 Å². The highest BCUT2D eigenvalue weighted by Gasteiger charge is 2.65. The molecule has 4 nitrogen and oxygen atoms in total. The highest BCUT2D eigenvalue weighted by Crippen LogP contribution is 2.71. The Hall–Kier alpha value is -2.55. The molecule has 0 heterocycles. The normalized spacial score (nSPS) is 23.7. The molecule has 3 aromatic carbocycles. The number of rotatable bonds is 7. The summed E-state index contributed by atoms with van der Waals surface area (Å²) in [7, 11) is -7.28. The molecule has 0 amide bonds. The smallest absolute Gasteiger partial charge is 0.278 e. The maximum Gasteiger partial charge on any atom is 0.278 e. The predicted octanol–water partition coefficient (Wildman–Crippen LogP) is 6.90. The minimum atomic E-state index is -4.31. The Kier molecular flexibility index (Phi) is 6.13. The number of hydrogen-bond acceptors (Lipinski definition) is 4. The highest BCUT2D eigenvalue weighted by atomic mass is 32.3. The molecule has 190 valence electrons. The molecule has 2 fully saturated rings. The zero-order valence-corrected chi connectivity index (χ0v) is 21.7. The van der Waals surface area contributed by atoms with Crippen LogP contribution in [-0.4, -0.2) is 20.0 Å². The van der Waals surface area contributed by atoms with E-state index in [0.29, 0.717) is 27.5 Å². The Morgan fingerprint density at radius 2 is 1.33 bits per heavy atom. The third-order valence-electron chi connectivity index (χ3n) is 8.13. The molecule has 2 saturated carbocycles. The SMILES string of the molecule is CC1(C)C2CCC1(CS(=O)(=O)OS(c1ccccc1)(c1ccc(F)cc1)c1ccc(F)cc1)C(=O)C2. The number of ketones is 1. The largest absolute Gasteiger partial charge is 0.299 e. The Bertz CT molecular complexity index is 1340. The average Bonchev–Trinajstić information content (AvgIpc) is 3.18. The zero-order valence-electron chi connectivity index (χ0n) is 20.1. The molecule has 5 rings (SSSR count). The van der Waals surface area contributed by atoms with Crippen molar-refractivity contribution in [3.8, 4) is 0 Å². The number of fused-ring (bicyclic) bond motifs is 2. The molecule has 2 bridgehead atoms. The number of hydrogen-bond donors (Lipinski definition) is 0.